The van der Waals surface area contributed by atoms with E-state index in [0.29, 0.717) is 12.0 Å². The van der Waals surface area contributed by atoms with Crippen LogP contribution in [-0.2, 0) is 17.8 Å². The van der Waals surface area contributed by atoms with E-state index in [2.05, 4.69) is 16.0 Å². The molecule has 2 aromatic rings. The van der Waals surface area contributed by atoms with Crippen LogP contribution in [0.25, 0.3) is 0 Å². The maximum atomic E-state index is 12.9. The number of carbonyl (C=O) groups is 2. The van der Waals surface area contributed by atoms with Crippen LogP contribution in [0.1, 0.15) is 31.4 Å². The SMILES string of the molecule is CC(C)CC(NC(=O)C(Cc1ccccc1)NC(=O)NCc1cccc([N+](=O)[O-])c1)B(O)O. The Balaban J connectivity index is 2.07. The smallest absolute Gasteiger partial charge is 0.426 e. The fraction of sp³-hybridized carbons (Fsp3) is 0.364. The quantitative estimate of drug-likeness (QED) is 0.196. The van der Waals surface area contributed by atoms with Crippen molar-refractivity contribution in [2.24, 2.45) is 5.92 Å². The Hall–Kier alpha value is -3.44. The van der Waals surface area contributed by atoms with Gasteiger partial charge in [-0.1, -0.05) is 56.3 Å². The molecule has 5 N–H and O–H groups in total. The summed E-state index contributed by atoms with van der Waals surface area (Å²) in [7, 11) is -1.74. The van der Waals surface area contributed by atoms with Crippen LogP contribution in [0.5, 0.6) is 0 Å². The van der Waals surface area contributed by atoms with E-state index in [-0.39, 0.29) is 24.6 Å². The molecule has 10 nitrogen and oxygen atoms in total. The molecule has 0 saturated heterocycles. The van der Waals surface area contributed by atoms with Crippen molar-refractivity contribution in [3.05, 3.63) is 75.8 Å². The van der Waals surface area contributed by atoms with Crippen molar-refractivity contribution in [1.29, 1.82) is 0 Å². The van der Waals surface area contributed by atoms with Gasteiger partial charge in [-0.05, 0) is 23.5 Å². The van der Waals surface area contributed by atoms with Gasteiger partial charge in [0.1, 0.15) is 6.04 Å². The van der Waals surface area contributed by atoms with Gasteiger partial charge in [-0.2, -0.15) is 0 Å². The molecule has 0 aliphatic rings. The first-order valence-electron chi connectivity index (χ1n) is 10.6. The number of hydrogen-bond donors (Lipinski definition) is 5. The number of hydrogen-bond acceptors (Lipinski definition) is 6. The second-order valence-electron chi connectivity index (χ2n) is 8.15. The number of nitrogens with zero attached hydrogens (tertiary/aromatic N) is 1. The van der Waals surface area contributed by atoms with Crippen molar-refractivity contribution in [1.82, 2.24) is 16.0 Å². The lowest BCUT2D eigenvalue weighted by Crippen LogP contribution is -2.56. The van der Waals surface area contributed by atoms with Crippen LogP contribution in [-0.4, -0.2) is 46.0 Å². The highest BCUT2D eigenvalue weighted by Gasteiger charge is 2.30. The zero-order valence-electron chi connectivity index (χ0n) is 18.6. The monoisotopic (exact) mass is 456 g/mol. The van der Waals surface area contributed by atoms with E-state index in [1.54, 1.807) is 6.07 Å². The average molecular weight is 456 g/mol. The number of urea groups is 1. The zero-order chi connectivity index (χ0) is 24.4. The summed E-state index contributed by atoms with van der Waals surface area (Å²) in [5, 5.41) is 38.0. The molecule has 0 aliphatic heterocycles. The van der Waals surface area contributed by atoms with Gasteiger partial charge in [0, 0.05) is 25.1 Å². The number of nitrogens with one attached hydrogen (secondary N) is 3. The van der Waals surface area contributed by atoms with E-state index >= 15 is 0 Å². The summed E-state index contributed by atoms with van der Waals surface area (Å²) in [4.78, 5) is 35.8. The largest absolute Gasteiger partial charge is 0.475 e. The fourth-order valence-electron chi connectivity index (χ4n) is 3.28. The Morgan fingerprint density at radius 2 is 1.70 bits per heavy atom. The molecule has 3 amide bonds. The third-order valence-electron chi connectivity index (χ3n) is 4.89. The number of non-ortho nitro benzene ring substituents is 1. The second kappa shape index (κ2) is 12.6. The molecule has 0 aliphatic carbocycles. The molecule has 2 unspecified atom stereocenters. The topological polar surface area (TPSA) is 154 Å². The van der Waals surface area contributed by atoms with Gasteiger partial charge in [-0.15, -0.1) is 0 Å². The highest BCUT2D eigenvalue weighted by Crippen LogP contribution is 2.13. The summed E-state index contributed by atoms with van der Waals surface area (Å²) in [6, 6.07) is 13.3. The first-order chi connectivity index (χ1) is 15.7. The average Bonchev–Trinajstić information content (AvgIpc) is 2.77. The minimum absolute atomic E-state index is 0.0263. The zero-order valence-corrected chi connectivity index (χ0v) is 18.6. The van der Waals surface area contributed by atoms with Crippen molar-refractivity contribution in [3.63, 3.8) is 0 Å². The summed E-state index contributed by atoms with van der Waals surface area (Å²) >= 11 is 0. The molecule has 2 aromatic carbocycles. The van der Waals surface area contributed by atoms with Gasteiger partial charge in [0.05, 0.1) is 10.9 Å². The lowest BCUT2D eigenvalue weighted by Gasteiger charge is -2.24. The van der Waals surface area contributed by atoms with Gasteiger partial charge < -0.3 is 26.0 Å². The summed E-state index contributed by atoms with van der Waals surface area (Å²) in [5.41, 5.74) is 1.25. The Bertz CT molecular complexity index is 941. The number of benzene rings is 2. The molecular formula is C22H29BN4O6. The van der Waals surface area contributed by atoms with Crippen LogP contribution in [0.3, 0.4) is 0 Å². The molecule has 2 atom stereocenters. The molecule has 176 valence electrons. The molecule has 0 radical (unpaired) electrons. The van der Waals surface area contributed by atoms with E-state index in [1.807, 2.05) is 44.2 Å². The minimum Gasteiger partial charge on any atom is -0.426 e. The van der Waals surface area contributed by atoms with Crippen LogP contribution in [0, 0.1) is 16.0 Å². The van der Waals surface area contributed by atoms with Crippen LogP contribution in [0.15, 0.2) is 54.6 Å². The molecule has 0 spiro atoms. The van der Waals surface area contributed by atoms with Crippen molar-refractivity contribution >= 4 is 24.7 Å². The molecule has 33 heavy (non-hydrogen) atoms. The van der Waals surface area contributed by atoms with Crippen LogP contribution in [0.2, 0.25) is 0 Å². The first-order valence-corrected chi connectivity index (χ1v) is 10.6. The predicted molar refractivity (Wildman–Crippen MR) is 124 cm³/mol. The third kappa shape index (κ3) is 8.91. The van der Waals surface area contributed by atoms with E-state index < -0.39 is 36.0 Å². The Kier molecular flexibility index (Phi) is 9.83. The highest BCUT2D eigenvalue weighted by molar-refractivity contribution is 6.43. The van der Waals surface area contributed by atoms with E-state index in [0.717, 1.165) is 5.56 Å². The van der Waals surface area contributed by atoms with Gasteiger partial charge in [0.2, 0.25) is 5.91 Å². The number of nitro benzene ring substituents is 1. The molecule has 0 aromatic heterocycles. The molecule has 2 rings (SSSR count). The lowest BCUT2D eigenvalue weighted by atomic mass is 9.75. The summed E-state index contributed by atoms with van der Waals surface area (Å²) in [5.74, 6) is -1.33. The number of carbonyl (C=O) groups excluding carboxylic acids is 2. The van der Waals surface area contributed by atoms with Gasteiger partial charge in [0.25, 0.3) is 5.69 Å². The second-order valence-corrected chi connectivity index (χ2v) is 8.15. The first kappa shape index (κ1) is 25.8. The minimum atomic E-state index is -1.74. The third-order valence-corrected chi connectivity index (χ3v) is 4.89. The Morgan fingerprint density at radius 3 is 2.30 bits per heavy atom. The number of amides is 3. The van der Waals surface area contributed by atoms with E-state index in [1.165, 1.54) is 18.2 Å². The number of nitro groups is 1. The fourth-order valence-corrected chi connectivity index (χ4v) is 3.28. The molecule has 0 heterocycles. The van der Waals surface area contributed by atoms with Crippen LogP contribution in [0.4, 0.5) is 10.5 Å². The van der Waals surface area contributed by atoms with Crippen molar-refractivity contribution < 1.29 is 24.6 Å². The predicted octanol–water partition coefficient (Wildman–Crippen LogP) is 1.55. The lowest BCUT2D eigenvalue weighted by molar-refractivity contribution is -0.384. The number of rotatable bonds is 11. The van der Waals surface area contributed by atoms with Crippen molar-refractivity contribution in [2.75, 3.05) is 0 Å². The maximum absolute atomic E-state index is 12.9. The highest BCUT2D eigenvalue weighted by atomic mass is 16.6. The van der Waals surface area contributed by atoms with Crippen LogP contribution >= 0.6 is 0 Å². The van der Waals surface area contributed by atoms with Gasteiger partial charge in [-0.3, -0.25) is 14.9 Å². The molecule has 0 fully saturated rings. The maximum Gasteiger partial charge on any atom is 0.475 e. The van der Waals surface area contributed by atoms with Gasteiger partial charge in [0.15, 0.2) is 0 Å². The summed E-state index contributed by atoms with van der Waals surface area (Å²) in [6.07, 6.45) is 0.535. The molecular weight excluding hydrogens is 427 g/mol. The van der Waals surface area contributed by atoms with Gasteiger partial charge >= 0.3 is 13.1 Å². The van der Waals surface area contributed by atoms with E-state index in [4.69, 9.17) is 0 Å². The summed E-state index contributed by atoms with van der Waals surface area (Å²) in [6.45, 7) is 3.81. The standard InChI is InChI=1S/C22H29BN4O6/c1-15(2)11-20(23(30)31)26-21(28)19(13-16-7-4-3-5-8-16)25-22(29)24-14-17-9-6-10-18(12-17)27(32)33/h3-10,12,15,19-20,30-31H,11,13-14H2,1-2H3,(H,26,28)(H2,24,25,29). The Morgan fingerprint density at radius 1 is 1.03 bits per heavy atom. The van der Waals surface area contributed by atoms with Crippen molar-refractivity contribution in [3.8, 4) is 0 Å². The van der Waals surface area contributed by atoms with Crippen LogP contribution < -0.4 is 16.0 Å². The van der Waals surface area contributed by atoms with E-state index in [9.17, 15) is 29.8 Å². The molecule has 0 bridgehead atoms. The summed E-state index contributed by atoms with van der Waals surface area (Å²) < 4.78 is 0. The molecule has 0 saturated carbocycles. The van der Waals surface area contributed by atoms with Crippen molar-refractivity contribution in [2.45, 2.75) is 45.2 Å². The van der Waals surface area contributed by atoms with Gasteiger partial charge in [-0.25, -0.2) is 4.79 Å². The Labute approximate surface area is 192 Å². The molecule has 11 heteroatoms. The normalized spacial score (nSPS) is 12.5.